The molecule has 1 saturated heterocycles. The Kier molecular flexibility index (Phi) is 3.84. The predicted molar refractivity (Wildman–Crippen MR) is 105 cm³/mol. The molecule has 1 aliphatic heterocycles. The minimum absolute atomic E-state index is 0.00523. The Morgan fingerprint density at radius 1 is 1.04 bits per heavy atom. The third-order valence-electron chi connectivity index (χ3n) is 11.0. The summed E-state index contributed by atoms with van der Waals surface area (Å²) in [4.78, 5) is 0. The lowest BCUT2D eigenvalue weighted by Gasteiger charge is -2.63. The highest BCUT2D eigenvalue weighted by Crippen LogP contribution is 2.72. The molecule has 4 saturated carbocycles. The zero-order chi connectivity index (χ0) is 19.4. The Balaban J connectivity index is 1.53. The summed E-state index contributed by atoms with van der Waals surface area (Å²) < 4.78 is 0. The zero-order valence-corrected chi connectivity index (χ0v) is 17.5. The van der Waals surface area contributed by atoms with E-state index in [1.54, 1.807) is 0 Å². The second-order valence-electron chi connectivity index (χ2n) is 11.5. The fourth-order valence-electron chi connectivity index (χ4n) is 9.19. The average Bonchev–Trinajstić information content (AvgIpc) is 3.42. The van der Waals surface area contributed by atoms with E-state index in [1.165, 1.54) is 0 Å². The van der Waals surface area contributed by atoms with Gasteiger partial charge in [0.1, 0.15) is 0 Å². The molecule has 27 heavy (non-hydrogen) atoms. The number of fused-ring (bicyclic) bond motifs is 8. The maximum absolute atomic E-state index is 11.9. The quantitative estimate of drug-likeness (QED) is 0.558. The molecule has 4 heteroatoms. The summed E-state index contributed by atoms with van der Waals surface area (Å²) in [5.41, 5.74) is -1.28. The van der Waals surface area contributed by atoms with E-state index in [9.17, 15) is 15.3 Å². The molecule has 5 fully saturated rings. The van der Waals surface area contributed by atoms with Crippen molar-refractivity contribution in [2.24, 2.45) is 40.4 Å². The van der Waals surface area contributed by atoms with Gasteiger partial charge in [0.2, 0.25) is 0 Å². The van der Waals surface area contributed by atoms with Crippen LogP contribution in [0.4, 0.5) is 0 Å². The van der Waals surface area contributed by atoms with E-state index in [2.05, 4.69) is 33.0 Å². The number of hydrogen-bond donors (Lipinski definition) is 4. The van der Waals surface area contributed by atoms with Crippen LogP contribution >= 0.6 is 0 Å². The third-order valence-corrected chi connectivity index (χ3v) is 11.0. The molecule has 11 atom stereocenters. The van der Waals surface area contributed by atoms with Crippen LogP contribution in [-0.2, 0) is 0 Å². The van der Waals surface area contributed by atoms with Crippen molar-refractivity contribution in [2.45, 2.75) is 95.9 Å². The van der Waals surface area contributed by atoms with Gasteiger partial charge in [-0.15, -0.1) is 0 Å². The minimum atomic E-state index is -0.677. The summed E-state index contributed by atoms with van der Waals surface area (Å²) in [6.45, 7) is 9.33. The maximum Gasteiger partial charge on any atom is 0.0874 e. The molecule has 154 valence electrons. The van der Waals surface area contributed by atoms with E-state index >= 15 is 0 Å². The lowest BCUT2D eigenvalue weighted by atomic mass is 9.42. The second-order valence-corrected chi connectivity index (χ2v) is 11.5. The number of aliphatic hydroxyl groups excluding tert-OH is 1. The van der Waals surface area contributed by atoms with E-state index in [1.807, 2.05) is 0 Å². The molecule has 10 unspecified atom stereocenters. The largest absolute Gasteiger partial charge is 0.396 e. The van der Waals surface area contributed by atoms with Crippen LogP contribution in [0.1, 0.15) is 72.6 Å². The molecule has 4 N–H and O–H groups in total. The zero-order valence-electron chi connectivity index (χ0n) is 17.5. The van der Waals surface area contributed by atoms with Gasteiger partial charge in [-0.1, -0.05) is 27.7 Å². The van der Waals surface area contributed by atoms with Crippen LogP contribution in [0.15, 0.2) is 0 Å². The van der Waals surface area contributed by atoms with Crippen molar-refractivity contribution in [3.8, 4) is 0 Å². The Morgan fingerprint density at radius 2 is 1.74 bits per heavy atom. The van der Waals surface area contributed by atoms with Crippen molar-refractivity contribution in [3.63, 3.8) is 0 Å². The summed E-state index contributed by atoms with van der Waals surface area (Å²) in [7, 11) is 0. The topological polar surface area (TPSA) is 82.6 Å². The monoisotopic (exact) mass is 377 g/mol. The second kappa shape index (κ2) is 5.50. The highest BCUT2D eigenvalue weighted by Gasteiger charge is 2.76. The molecule has 5 rings (SSSR count). The first-order valence-corrected chi connectivity index (χ1v) is 11.5. The van der Waals surface area contributed by atoms with Gasteiger partial charge in [-0.05, 0) is 80.0 Å². The van der Waals surface area contributed by atoms with Crippen molar-refractivity contribution in [1.29, 1.82) is 0 Å². The molecule has 0 aromatic heterocycles. The van der Waals surface area contributed by atoms with Crippen molar-refractivity contribution >= 4 is 0 Å². The van der Waals surface area contributed by atoms with E-state index in [0.29, 0.717) is 29.7 Å². The summed E-state index contributed by atoms with van der Waals surface area (Å²) in [5, 5.41) is 37.0. The lowest BCUT2D eigenvalue weighted by Crippen LogP contribution is -2.67. The molecular weight excluding hydrogens is 338 g/mol. The van der Waals surface area contributed by atoms with Crippen molar-refractivity contribution in [3.05, 3.63) is 0 Å². The van der Waals surface area contributed by atoms with Gasteiger partial charge < -0.3 is 20.6 Å². The predicted octanol–water partition coefficient (Wildman–Crippen LogP) is 2.70. The summed E-state index contributed by atoms with van der Waals surface area (Å²) in [6.07, 6.45) is 6.99. The van der Waals surface area contributed by atoms with Crippen molar-refractivity contribution < 1.29 is 15.3 Å². The molecule has 0 radical (unpaired) electrons. The average molecular weight is 378 g/mol. The number of hydrogen-bond acceptors (Lipinski definition) is 4. The molecular formula is C23H39NO3. The standard InChI is InChI=1S/C23H39NO3/c1-5-22(26)13(2)10-16-17-15(7-9-21(16,22)4)20(3)8-6-14(12-25)11-23(20,27)19-18(17)24-19/h13-19,24-27H,5-12H2,1-4H3/t13?,14?,15?,16?,17?,18?,19-,20?,21?,22?,23?/m1/s1. The first-order valence-electron chi connectivity index (χ1n) is 11.5. The van der Waals surface area contributed by atoms with E-state index in [0.717, 1.165) is 44.9 Å². The van der Waals surface area contributed by atoms with Crippen LogP contribution in [0.3, 0.4) is 0 Å². The van der Waals surface area contributed by atoms with Crippen LogP contribution in [0.5, 0.6) is 0 Å². The maximum atomic E-state index is 11.9. The minimum Gasteiger partial charge on any atom is -0.396 e. The van der Waals surface area contributed by atoms with Gasteiger partial charge >= 0.3 is 0 Å². The highest BCUT2D eigenvalue weighted by molar-refractivity contribution is 5.30. The Morgan fingerprint density at radius 3 is 2.41 bits per heavy atom. The first-order chi connectivity index (χ1) is 12.7. The normalized spacial score (nSPS) is 64.3. The first kappa shape index (κ1) is 18.8. The molecule has 0 bridgehead atoms. The van der Waals surface area contributed by atoms with Crippen molar-refractivity contribution in [1.82, 2.24) is 5.32 Å². The Hall–Kier alpha value is -0.160. The Bertz CT molecular complexity index is 641. The van der Waals surface area contributed by atoms with Crippen molar-refractivity contribution in [2.75, 3.05) is 6.61 Å². The number of rotatable bonds is 2. The summed E-state index contributed by atoms with van der Waals surface area (Å²) in [6, 6.07) is 0.590. The highest BCUT2D eigenvalue weighted by atomic mass is 16.3. The van der Waals surface area contributed by atoms with E-state index in [-0.39, 0.29) is 29.4 Å². The summed E-state index contributed by atoms with van der Waals surface area (Å²) >= 11 is 0. The van der Waals surface area contributed by atoms with Gasteiger partial charge in [0.05, 0.1) is 17.2 Å². The molecule has 0 amide bonds. The lowest BCUT2D eigenvalue weighted by molar-refractivity contribution is -0.211. The van der Waals surface area contributed by atoms with E-state index < -0.39 is 11.2 Å². The fraction of sp³-hybridized carbons (Fsp3) is 1.00. The molecule has 0 spiro atoms. The van der Waals surface area contributed by atoms with Crippen LogP contribution in [0.2, 0.25) is 0 Å². The fourth-order valence-corrected chi connectivity index (χ4v) is 9.19. The molecule has 4 aliphatic carbocycles. The van der Waals surface area contributed by atoms with Gasteiger partial charge in [0.25, 0.3) is 0 Å². The third kappa shape index (κ3) is 1.99. The van der Waals surface area contributed by atoms with E-state index in [4.69, 9.17) is 0 Å². The van der Waals surface area contributed by atoms with Gasteiger partial charge in [-0.3, -0.25) is 0 Å². The van der Waals surface area contributed by atoms with Crippen LogP contribution in [-0.4, -0.2) is 45.2 Å². The van der Waals surface area contributed by atoms with Gasteiger partial charge in [0.15, 0.2) is 0 Å². The number of nitrogens with one attached hydrogen (secondary N) is 1. The van der Waals surface area contributed by atoms with Crippen LogP contribution in [0, 0.1) is 40.4 Å². The number of aliphatic hydroxyl groups is 3. The van der Waals surface area contributed by atoms with Gasteiger partial charge in [-0.25, -0.2) is 0 Å². The van der Waals surface area contributed by atoms with Crippen LogP contribution in [0.25, 0.3) is 0 Å². The SMILES string of the molecule is CCC1(O)C(C)CC2C3C4N[C@H]4C4(O)CC(CO)CCC4(C)C3CCC21C. The molecule has 0 aromatic carbocycles. The van der Waals surface area contributed by atoms with Crippen LogP contribution < -0.4 is 5.32 Å². The molecule has 0 aromatic rings. The van der Waals surface area contributed by atoms with Gasteiger partial charge in [-0.2, -0.15) is 0 Å². The molecule has 1 heterocycles. The summed E-state index contributed by atoms with van der Waals surface area (Å²) in [5.74, 6) is 2.26. The smallest absolute Gasteiger partial charge is 0.0874 e. The Labute approximate surface area is 164 Å². The molecule has 4 nitrogen and oxygen atoms in total. The molecule has 5 aliphatic rings. The van der Waals surface area contributed by atoms with Gasteiger partial charge in [0, 0.05) is 18.1 Å².